The molecule has 2 aliphatic heterocycles. The molecule has 2 bridgehead atoms. The van der Waals surface area contributed by atoms with Crippen molar-refractivity contribution in [3.8, 4) is 11.4 Å². The largest absolute Gasteiger partial charge is 0.395 e. The van der Waals surface area contributed by atoms with Crippen LogP contribution in [0.5, 0.6) is 0 Å². The zero-order chi connectivity index (χ0) is 23.3. The minimum atomic E-state index is -0.361. The SMILES string of the molecule is O=C(Nc1ccc(-c2nc(NCCO)nc(N3CC4CCC(C3)O4)n2)cc1)Nc1cccnc1. The number of carbonyl (C=O) groups is 1. The lowest BCUT2D eigenvalue weighted by molar-refractivity contribution is 0.0299. The normalized spacial score (nSPS) is 19.0. The number of hydrogen-bond acceptors (Lipinski definition) is 9. The number of carbonyl (C=O) groups excluding carboxylic acids is 1. The van der Waals surface area contributed by atoms with Crippen LogP contribution >= 0.6 is 0 Å². The first kappa shape index (κ1) is 22.0. The molecule has 3 aromatic rings. The fourth-order valence-corrected chi connectivity index (χ4v) is 4.09. The number of fused-ring (bicyclic) bond motifs is 2. The van der Waals surface area contributed by atoms with E-state index in [-0.39, 0.29) is 24.8 Å². The van der Waals surface area contributed by atoms with Gasteiger partial charge in [0.15, 0.2) is 5.82 Å². The van der Waals surface area contributed by atoms with Crippen molar-refractivity contribution < 1.29 is 14.6 Å². The van der Waals surface area contributed by atoms with Crippen molar-refractivity contribution in [1.29, 1.82) is 0 Å². The van der Waals surface area contributed by atoms with Crippen molar-refractivity contribution in [3.05, 3.63) is 48.8 Å². The quantitative estimate of drug-likeness (QED) is 0.417. The van der Waals surface area contributed by atoms with Crippen LogP contribution in [0.25, 0.3) is 11.4 Å². The smallest absolute Gasteiger partial charge is 0.323 e. The molecule has 2 aromatic heterocycles. The van der Waals surface area contributed by atoms with Crippen molar-refractivity contribution in [3.63, 3.8) is 0 Å². The molecule has 2 amide bonds. The number of rotatable bonds is 7. The van der Waals surface area contributed by atoms with Gasteiger partial charge >= 0.3 is 6.03 Å². The number of aliphatic hydroxyl groups excluding tert-OH is 1. The van der Waals surface area contributed by atoms with Gasteiger partial charge < -0.3 is 30.7 Å². The Bertz CT molecular complexity index is 1120. The Hall–Kier alpha value is -3.83. The molecule has 11 nitrogen and oxygen atoms in total. The number of pyridine rings is 1. The van der Waals surface area contributed by atoms with Crippen LogP contribution < -0.4 is 20.9 Å². The number of urea groups is 1. The minimum absolute atomic E-state index is 0.0282. The van der Waals surface area contributed by atoms with E-state index in [2.05, 4.69) is 35.8 Å². The Morgan fingerprint density at radius 3 is 2.50 bits per heavy atom. The van der Waals surface area contributed by atoms with Gasteiger partial charge in [0.25, 0.3) is 0 Å². The number of amides is 2. The highest BCUT2D eigenvalue weighted by atomic mass is 16.5. The van der Waals surface area contributed by atoms with Crippen LogP contribution in [0.4, 0.5) is 28.1 Å². The number of nitrogens with zero attached hydrogens (tertiary/aromatic N) is 5. The van der Waals surface area contributed by atoms with Crippen molar-refractivity contribution in [2.24, 2.45) is 0 Å². The fourth-order valence-electron chi connectivity index (χ4n) is 4.09. The summed E-state index contributed by atoms with van der Waals surface area (Å²) in [4.78, 5) is 32.2. The molecular weight excluding hydrogens is 436 g/mol. The van der Waals surface area contributed by atoms with Crippen LogP contribution in [0.1, 0.15) is 12.8 Å². The van der Waals surface area contributed by atoms with Gasteiger partial charge in [-0.3, -0.25) is 4.98 Å². The van der Waals surface area contributed by atoms with Gasteiger partial charge in [-0.25, -0.2) is 4.79 Å². The van der Waals surface area contributed by atoms with Crippen molar-refractivity contribution in [2.45, 2.75) is 25.0 Å². The zero-order valence-corrected chi connectivity index (χ0v) is 18.5. The molecule has 4 heterocycles. The summed E-state index contributed by atoms with van der Waals surface area (Å²) in [6.45, 7) is 1.80. The fraction of sp³-hybridized carbons (Fsp3) is 0.348. The first-order valence-electron chi connectivity index (χ1n) is 11.3. The van der Waals surface area contributed by atoms with Gasteiger partial charge in [0.05, 0.1) is 30.7 Å². The molecule has 0 aliphatic carbocycles. The molecule has 34 heavy (non-hydrogen) atoms. The summed E-state index contributed by atoms with van der Waals surface area (Å²) in [6.07, 6.45) is 5.73. The molecule has 2 fully saturated rings. The van der Waals surface area contributed by atoms with E-state index in [1.807, 2.05) is 12.1 Å². The van der Waals surface area contributed by atoms with Crippen LogP contribution in [0, 0.1) is 0 Å². The molecule has 2 unspecified atom stereocenters. The molecule has 2 aliphatic rings. The maximum absolute atomic E-state index is 12.2. The molecule has 2 saturated heterocycles. The number of aromatic nitrogens is 4. The van der Waals surface area contributed by atoms with E-state index in [0.29, 0.717) is 35.6 Å². The summed E-state index contributed by atoms with van der Waals surface area (Å²) in [5.74, 6) is 1.50. The molecule has 2 atom stereocenters. The molecule has 1 aromatic carbocycles. The summed E-state index contributed by atoms with van der Waals surface area (Å²) in [5, 5.41) is 17.8. The highest BCUT2D eigenvalue weighted by Gasteiger charge is 2.35. The van der Waals surface area contributed by atoms with Crippen molar-refractivity contribution >= 4 is 29.3 Å². The van der Waals surface area contributed by atoms with E-state index in [0.717, 1.165) is 31.5 Å². The summed E-state index contributed by atoms with van der Waals surface area (Å²) in [6, 6.07) is 10.4. The monoisotopic (exact) mass is 462 g/mol. The Kier molecular flexibility index (Phi) is 6.45. The van der Waals surface area contributed by atoms with E-state index < -0.39 is 0 Å². The maximum Gasteiger partial charge on any atom is 0.323 e. The molecular formula is C23H26N8O3. The standard InChI is InChI=1S/C23H26N8O3/c32-11-10-25-21-28-20(29-22(30-21)31-13-18-7-8-19(14-31)34-18)15-3-5-16(6-4-15)26-23(33)27-17-2-1-9-24-12-17/h1-6,9,12,18-19,32H,7-8,10-11,13-14H2,(H2,26,27,33)(H,25,28,29,30). The lowest BCUT2D eigenvalue weighted by Crippen LogP contribution is -2.43. The maximum atomic E-state index is 12.2. The van der Waals surface area contributed by atoms with Crippen molar-refractivity contribution in [2.75, 3.05) is 47.1 Å². The first-order valence-corrected chi connectivity index (χ1v) is 11.3. The number of ether oxygens (including phenoxy) is 1. The van der Waals surface area contributed by atoms with Crippen LogP contribution in [0.3, 0.4) is 0 Å². The molecule has 176 valence electrons. The van der Waals surface area contributed by atoms with Crippen LogP contribution in [-0.2, 0) is 4.74 Å². The molecule has 0 saturated carbocycles. The van der Waals surface area contributed by atoms with Gasteiger partial charge in [-0.2, -0.15) is 15.0 Å². The van der Waals surface area contributed by atoms with E-state index in [1.165, 1.54) is 0 Å². The highest BCUT2D eigenvalue weighted by molar-refractivity contribution is 5.99. The number of aliphatic hydroxyl groups is 1. The summed E-state index contributed by atoms with van der Waals surface area (Å²) >= 11 is 0. The van der Waals surface area contributed by atoms with Gasteiger partial charge in [-0.15, -0.1) is 0 Å². The number of anilines is 4. The van der Waals surface area contributed by atoms with Gasteiger partial charge in [0, 0.05) is 37.1 Å². The topological polar surface area (TPSA) is 137 Å². The predicted octanol–water partition coefficient (Wildman–Crippen LogP) is 2.35. The molecule has 4 N–H and O–H groups in total. The number of hydrogen-bond donors (Lipinski definition) is 4. The summed E-state index contributed by atoms with van der Waals surface area (Å²) in [5.41, 5.74) is 2.02. The molecule has 0 radical (unpaired) electrons. The molecule has 5 rings (SSSR count). The Balaban J connectivity index is 1.33. The first-order chi connectivity index (χ1) is 16.7. The van der Waals surface area contributed by atoms with E-state index >= 15 is 0 Å². The number of benzene rings is 1. The Morgan fingerprint density at radius 2 is 1.79 bits per heavy atom. The third-order valence-corrected chi connectivity index (χ3v) is 5.67. The lowest BCUT2D eigenvalue weighted by atomic mass is 10.2. The average Bonchev–Trinajstić information content (AvgIpc) is 3.20. The summed E-state index contributed by atoms with van der Waals surface area (Å²) in [7, 11) is 0. The Labute approximate surface area is 196 Å². The van der Waals surface area contributed by atoms with Gasteiger partial charge in [-0.05, 0) is 49.2 Å². The third kappa shape index (κ3) is 5.21. The number of nitrogens with one attached hydrogen (secondary N) is 3. The van der Waals surface area contributed by atoms with Crippen LogP contribution in [-0.4, -0.2) is 69.5 Å². The van der Waals surface area contributed by atoms with E-state index in [1.54, 1.807) is 36.7 Å². The Morgan fingerprint density at radius 1 is 1.03 bits per heavy atom. The van der Waals surface area contributed by atoms with Gasteiger partial charge in [-0.1, -0.05) is 0 Å². The second-order valence-corrected chi connectivity index (χ2v) is 8.19. The van der Waals surface area contributed by atoms with Gasteiger partial charge in [0.2, 0.25) is 11.9 Å². The van der Waals surface area contributed by atoms with Gasteiger partial charge in [0.1, 0.15) is 0 Å². The third-order valence-electron chi connectivity index (χ3n) is 5.67. The molecule has 0 spiro atoms. The van der Waals surface area contributed by atoms with E-state index in [4.69, 9.17) is 9.72 Å². The average molecular weight is 463 g/mol. The van der Waals surface area contributed by atoms with E-state index in [9.17, 15) is 9.90 Å². The zero-order valence-electron chi connectivity index (χ0n) is 18.5. The minimum Gasteiger partial charge on any atom is -0.395 e. The van der Waals surface area contributed by atoms with Crippen molar-refractivity contribution in [1.82, 2.24) is 19.9 Å². The second-order valence-electron chi connectivity index (χ2n) is 8.19. The lowest BCUT2D eigenvalue weighted by Gasteiger charge is -2.32. The summed E-state index contributed by atoms with van der Waals surface area (Å²) < 4.78 is 5.94. The van der Waals surface area contributed by atoms with Crippen LogP contribution in [0.2, 0.25) is 0 Å². The predicted molar refractivity (Wildman–Crippen MR) is 128 cm³/mol. The molecule has 11 heteroatoms. The second kappa shape index (κ2) is 9.98. The highest BCUT2D eigenvalue weighted by Crippen LogP contribution is 2.29. The van der Waals surface area contributed by atoms with Crippen LogP contribution in [0.15, 0.2) is 48.8 Å². The number of morpholine rings is 1.